The van der Waals surface area contributed by atoms with Gasteiger partial charge in [-0.15, -0.1) is 0 Å². The quantitative estimate of drug-likeness (QED) is 0.203. The summed E-state index contributed by atoms with van der Waals surface area (Å²) >= 11 is 0. The van der Waals surface area contributed by atoms with Gasteiger partial charge in [0, 0.05) is 28.3 Å². The lowest BCUT2D eigenvalue weighted by molar-refractivity contribution is 0.444. The van der Waals surface area contributed by atoms with Crippen molar-refractivity contribution in [2.45, 2.75) is 78.6 Å². The van der Waals surface area contributed by atoms with E-state index >= 15 is 0 Å². The lowest BCUT2D eigenvalue weighted by atomic mass is 9.79. The number of phenolic OH excluding ortho intramolecular Hbond substituents is 1. The molecule has 0 amide bonds. The topological polar surface area (TPSA) is 58.6 Å². The molecule has 0 aliphatic carbocycles. The number of oxazole rings is 1. The molecular formula is C42H44N2O2. The molecule has 0 aliphatic rings. The Bertz CT molecular complexity index is 2100. The molecule has 6 rings (SSSR count). The van der Waals surface area contributed by atoms with Crippen LogP contribution in [0.15, 0.2) is 100 Å². The Balaban J connectivity index is 1.58. The number of aliphatic imine (C=N–C) groups is 1. The molecule has 0 atom stereocenters. The van der Waals surface area contributed by atoms with E-state index < -0.39 is 0 Å². The van der Waals surface area contributed by atoms with Crippen molar-refractivity contribution in [3.8, 4) is 28.3 Å². The number of phenols is 1. The summed E-state index contributed by atoms with van der Waals surface area (Å²) in [4.78, 5) is 10.2. The molecule has 1 aromatic heterocycles. The molecule has 4 heteroatoms. The van der Waals surface area contributed by atoms with E-state index in [1.165, 1.54) is 5.56 Å². The van der Waals surface area contributed by atoms with E-state index in [1.807, 2.05) is 24.3 Å². The van der Waals surface area contributed by atoms with Crippen LogP contribution in [0.1, 0.15) is 84.6 Å². The Morgan fingerprint density at radius 3 is 2.00 bits per heavy atom. The summed E-state index contributed by atoms with van der Waals surface area (Å²) in [7, 11) is 0. The number of aromatic hydroxyl groups is 1. The summed E-state index contributed by atoms with van der Waals surface area (Å²) in [6, 6.07) is 31.3. The van der Waals surface area contributed by atoms with Crippen LogP contribution in [0.25, 0.3) is 44.5 Å². The SMILES string of the molecule is CC(C)(C)c1cc(C=Nc2c(-c3nc4c(-c5ccccc5)cc(C(C)(C)C)cc4o3)ccc3ccccc23)c(O)c(C(C)(C)C)c1. The van der Waals surface area contributed by atoms with E-state index in [0.29, 0.717) is 11.5 Å². The Labute approximate surface area is 272 Å². The average molecular weight is 609 g/mol. The minimum Gasteiger partial charge on any atom is -0.507 e. The van der Waals surface area contributed by atoms with Crippen LogP contribution < -0.4 is 0 Å². The van der Waals surface area contributed by atoms with Crippen LogP contribution in [0.4, 0.5) is 5.69 Å². The average Bonchev–Trinajstić information content (AvgIpc) is 3.43. The molecule has 1 heterocycles. The maximum atomic E-state index is 11.5. The first-order valence-corrected chi connectivity index (χ1v) is 16.1. The second kappa shape index (κ2) is 11.3. The first kappa shape index (κ1) is 31.3. The Morgan fingerprint density at radius 1 is 0.674 bits per heavy atom. The molecule has 234 valence electrons. The fourth-order valence-electron chi connectivity index (χ4n) is 5.88. The molecule has 0 spiro atoms. The number of rotatable bonds is 4. The van der Waals surface area contributed by atoms with Gasteiger partial charge in [0.1, 0.15) is 11.3 Å². The normalized spacial score (nSPS) is 12.9. The summed E-state index contributed by atoms with van der Waals surface area (Å²) < 4.78 is 6.61. The maximum absolute atomic E-state index is 11.5. The van der Waals surface area contributed by atoms with Gasteiger partial charge in [0.05, 0.1) is 11.3 Å². The molecule has 0 saturated carbocycles. The largest absolute Gasteiger partial charge is 0.507 e. The van der Waals surface area contributed by atoms with Crippen LogP contribution in [0.2, 0.25) is 0 Å². The summed E-state index contributed by atoms with van der Waals surface area (Å²) in [5.74, 6) is 0.772. The molecule has 0 fully saturated rings. The minimum atomic E-state index is -0.237. The van der Waals surface area contributed by atoms with Crippen molar-refractivity contribution in [1.82, 2.24) is 4.98 Å². The highest BCUT2D eigenvalue weighted by Gasteiger charge is 2.25. The highest BCUT2D eigenvalue weighted by Crippen LogP contribution is 2.42. The number of benzene rings is 5. The van der Waals surface area contributed by atoms with E-state index in [0.717, 1.165) is 55.4 Å². The fraction of sp³-hybridized carbons (Fsp3) is 0.286. The van der Waals surface area contributed by atoms with Gasteiger partial charge in [-0.3, -0.25) is 4.99 Å². The van der Waals surface area contributed by atoms with Gasteiger partial charge in [-0.2, -0.15) is 0 Å². The number of aromatic nitrogens is 1. The third-order valence-electron chi connectivity index (χ3n) is 8.72. The van der Waals surface area contributed by atoms with Crippen molar-refractivity contribution < 1.29 is 9.52 Å². The van der Waals surface area contributed by atoms with Gasteiger partial charge in [0.15, 0.2) is 5.58 Å². The third kappa shape index (κ3) is 5.97. The zero-order valence-corrected chi connectivity index (χ0v) is 28.5. The molecule has 0 aliphatic heterocycles. The van der Waals surface area contributed by atoms with Crippen LogP contribution in [-0.2, 0) is 16.2 Å². The molecule has 1 N–H and O–H groups in total. The van der Waals surface area contributed by atoms with Gasteiger partial charge in [-0.1, -0.05) is 129 Å². The highest BCUT2D eigenvalue weighted by atomic mass is 16.3. The first-order valence-electron chi connectivity index (χ1n) is 16.1. The molecule has 0 bridgehead atoms. The van der Waals surface area contributed by atoms with Crippen molar-refractivity contribution in [1.29, 1.82) is 0 Å². The second-order valence-electron chi connectivity index (χ2n) is 15.4. The summed E-state index contributed by atoms with van der Waals surface area (Å²) in [5.41, 5.74) is 8.78. The van der Waals surface area contributed by atoms with Gasteiger partial charge in [0.2, 0.25) is 5.89 Å². The Kier molecular flexibility index (Phi) is 7.67. The zero-order valence-electron chi connectivity index (χ0n) is 28.5. The number of nitrogens with zero attached hydrogens (tertiary/aromatic N) is 2. The molecular weight excluding hydrogens is 564 g/mol. The van der Waals surface area contributed by atoms with E-state index in [-0.39, 0.29) is 22.0 Å². The molecule has 0 unspecified atom stereocenters. The van der Waals surface area contributed by atoms with Crippen LogP contribution in [0, 0.1) is 0 Å². The van der Waals surface area contributed by atoms with Crippen molar-refractivity contribution in [3.63, 3.8) is 0 Å². The third-order valence-corrected chi connectivity index (χ3v) is 8.72. The zero-order chi connectivity index (χ0) is 33.0. The minimum absolute atomic E-state index is 0.0709. The Hall–Kier alpha value is -4.70. The monoisotopic (exact) mass is 608 g/mol. The molecule has 4 nitrogen and oxygen atoms in total. The molecule has 6 aromatic rings. The van der Waals surface area contributed by atoms with Gasteiger partial charge < -0.3 is 9.52 Å². The van der Waals surface area contributed by atoms with Gasteiger partial charge in [-0.05, 0) is 62.6 Å². The van der Waals surface area contributed by atoms with Crippen molar-refractivity contribution >= 4 is 33.8 Å². The summed E-state index contributed by atoms with van der Waals surface area (Å²) in [6.45, 7) is 19.6. The fourth-order valence-corrected chi connectivity index (χ4v) is 5.88. The van der Waals surface area contributed by atoms with Crippen LogP contribution in [0.3, 0.4) is 0 Å². The van der Waals surface area contributed by atoms with Gasteiger partial charge in [-0.25, -0.2) is 4.98 Å². The van der Waals surface area contributed by atoms with Crippen molar-refractivity contribution in [2.75, 3.05) is 0 Å². The maximum Gasteiger partial charge on any atom is 0.229 e. The lowest BCUT2D eigenvalue weighted by Gasteiger charge is -2.27. The lowest BCUT2D eigenvalue weighted by Crippen LogP contribution is -2.17. The molecule has 5 aromatic carbocycles. The second-order valence-corrected chi connectivity index (χ2v) is 15.4. The highest BCUT2D eigenvalue weighted by molar-refractivity contribution is 6.03. The number of hydrogen-bond donors (Lipinski definition) is 1. The Morgan fingerprint density at radius 2 is 1.33 bits per heavy atom. The van der Waals surface area contributed by atoms with Crippen molar-refractivity contribution in [2.24, 2.45) is 4.99 Å². The van der Waals surface area contributed by atoms with E-state index in [9.17, 15) is 5.11 Å². The number of fused-ring (bicyclic) bond motifs is 2. The molecule has 46 heavy (non-hydrogen) atoms. The predicted octanol–water partition coefficient (Wildman–Crippen LogP) is 11.7. The number of hydrogen-bond acceptors (Lipinski definition) is 4. The molecule has 0 radical (unpaired) electrons. The van der Waals surface area contributed by atoms with Gasteiger partial charge >= 0.3 is 0 Å². The van der Waals surface area contributed by atoms with Crippen LogP contribution in [-0.4, -0.2) is 16.3 Å². The van der Waals surface area contributed by atoms with Crippen molar-refractivity contribution in [3.05, 3.63) is 113 Å². The van der Waals surface area contributed by atoms with E-state index in [1.54, 1.807) is 6.21 Å². The first-order chi connectivity index (χ1) is 21.6. The van der Waals surface area contributed by atoms with E-state index in [2.05, 4.69) is 129 Å². The van der Waals surface area contributed by atoms with E-state index in [4.69, 9.17) is 14.4 Å². The molecule has 0 saturated heterocycles. The standard InChI is InChI=1S/C42H44N2O2/c1-40(2,3)29-21-28(38(45)34(23-29)42(7,8)9)25-43-36-31-18-14-13-17-27(31)19-20-32(36)39-44-37-33(26-15-11-10-12-16-26)22-30(41(4,5)6)24-35(37)46-39/h10-25,45H,1-9H3. The van der Waals surface area contributed by atoms with Crippen LogP contribution in [0.5, 0.6) is 5.75 Å². The van der Waals surface area contributed by atoms with Crippen LogP contribution >= 0.6 is 0 Å². The van der Waals surface area contributed by atoms with Gasteiger partial charge in [0.25, 0.3) is 0 Å². The smallest absolute Gasteiger partial charge is 0.229 e. The summed E-state index contributed by atoms with van der Waals surface area (Å²) in [6.07, 6.45) is 1.79. The predicted molar refractivity (Wildman–Crippen MR) is 194 cm³/mol. The summed E-state index contributed by atoms with van der Waals surface area (Å²) in [5, 5.41) is 13.5.